The minimum absolute atomic E-state index is 0.0418. The molecule has 2 rings (SSSR count). The molecule has 2 aromatic rings. The van der Waals surface area contributed by atoms with Gasteiger partial charge in [-0.3, -0.25) is 4.79 Å². The smallest absolute Gasteiger partial charge is 0.239 e. The van der Waals surface area contributed by atoms with Crippen molar-refractivity contribution in [2.45, 2.75) is 38.8 Å². The van der Waals surface area contributed by atoms with E-state index in [0.29, 0.717) is 6.42 Å². The fourth-order valence-electron chi connectivity index (χ4n) is 2.29. The Morgan fingerprint density at radius 3 is 2.75 bits per heavy atom. The highest BCUT2D eigenvalue weighted by atomic mass is 16.3. The Morgan fingerprint density at radius 2 is 2.10 bits per heavy atom. The first kappa shape index (κ1) is 14.6. The topological polar surface area (TPSA) is 59.5 Å². The van der Waals surface area contributed by atoms with Crippen LogP contribution < -0.4 is 5.73 Å². The molecule has 4 heteroatoms. The minimum atomic E-state index is -0.433. The van der Waals surface area contributed by atoms with E-state index in [1.54, 1.807) is 11.9 Å². The molecule has 0 saturated carbocycles. The number of carbonyl (C=O) groups excluding carboxylic acids is 1. The highest BCUT2D eigenvalue weighted by Crippen LogP contribution is 2.26. The number of nitrogens with zero attached hydrogens (tertiary/aromatic N) is 1. The average Bonchev–Trinajstić information content (AvgIpc) is 2.89. The molecule has 0 spiro atoms. The van der Waals surface area contributed by atoms with Crippen LogP contribution in [0.4, 0.5) is 0 Å². The lowest BCUT2D eigenvalue weighted by atomic mass is 10.1. The van der Waals surface area contributed by atoms with Gasteiger partial charge in [-0.1, -0.05) is 31.5 Å². The van der Waals surface area contributed by atoms with Crippen LogP contribution in [0.25, 0.3) is 11.0 Å². The molecule has 0 radical (unpaired) electrons. The minimum Gasteiger partial charge on any atom is -0.459 e. The normalized spacial score (nSPS) is 14.2. The maximum absolute atomic E-state index is 12.2. The van der Waals surface area contributed by atoms with Gasteiger partial charge in [0.1, 0.15) is 11.3 Å². The van der Waals surface area contributed by atoms with E-state index in [1.807, 2.05) is 44.2 Å². The van der Waals surface area contributed by atoms with Crippen LogP contribution in [0.15, 0.2) is 34.7 Å². The molecule has 0 bridgehead atoms. The van der Waals surface area contributed by atoms with Gasteiger partial charge in [-0.05, 0) is 25.5 Å². The molecule has 2 N–H and O–H groups in total. The molecular weight excluding hydrogens is 252 g/mol. The van der Waals surface area contributed by atoms with Crippen molar-refractivity contribution >= 4 is 16.9 Å². The van der Waals surface area contributed by atoms with Crippen LogP contribution in [0.5, 0.6) is 0 Å². The maximum atomic E-state index is 12.2. The maximum Gasteiger partial charge on any atom is 0.239 e. The number of hydrogen-bond acceptors (Lipinski definition) is 3. The fourth-order valence-corrected chi connectivity index (χ4v) is 2.29. The summed E-state index contributed by atoms with van der Waals surface area (Å²) in [7, 11) is 1.77. The van der Waals surface area contributed by atoms with Gasteiger partial charge in [-0.25, -0.2) is 0 Å². The van der Waals surface area contributed by atoms with Crippen LogP contribution in [0.2, 0.25) is 0 Å². The zero-order valence-electron chi connectivity index (χ0n) is 12.3. The van der Waals surface area contributed by atoms with E-state index in [4.69, 9.17) is 10.2 Å². The lowest BCUT2D eigenvalue weighted by Gasteiger charge is -2.26. The van der Waals surface area contributed by atoms with Crippen molar-refractivity contribution in [3.05, 3.63) is 36.1 Å². The van der Waals surface area contributed by atoms with Crippen LogP contribution >= 0.6 is 0 Å². The number of furan rings is 1. The molecule has 1 aromatic carbocycles. The van der Waals surface area contributed by atoms with Crippen LogP contribution in [-0.2, 0) is 4.79 Å². The third-order valence-electron chi connectivity index (χ3n) is 3.70. The Hall–Kier alpha value is -1.81. The molecule has 1 amide bonds. The first-order valence-electron chi connectivity index (χ1n) is 7.05. The summed E-state index contributed by atoms with van der Waals surface area (Å²) < 4.78 is 5.81. The largest absolute Gasteiger partial charge is 0.459 e. The third-order valence-corrected chi connectivity index (χ3v) is 3.70. The molecule has 108 valence electrons. The number of likely N-dealkylation sites (N-methyl/N-ethyl adjacent to an activating group) is 1. The molecule has 0 aliphatic rings. The molecule has 0 saturated heterocycles. The van der Waals surface area contributed by atoms with Gasteiger partial charge in [0.2, 0.25) is 5.91 Å². The van der Waals surface area contributed by atoms with Gasteiger partial charge < -0.3 is 15.1 Å². The highest BCUT2D eigenvalue weighted by Gasteiger charge is 2.24. The van der Waals surface area contributed by atoms with E-state index >= 15 is 0 Å². The van der Waals surface area contributed by atoms with Gasteiger partial charge in [-0.15, -0.1) is 0 Å². The summed E-state index contributed by atoms with van der Waals surface area (Å²) in [5, 5.41) is 1.05. The number of carbonyl (C=O) groups is 1. The third kappa shape index (κ3) is 2.85. The van der Waals surface area contributed by atoms with E-state index in [1.165, 1.54) is 0 Å². The zero-order valence-corrected chi connectivity index (χ0v) is 12.3. The Labute approximate surface area is 119 Å². The van der Waals surface area contributed by atoms with Crippen molar-refractivity contribution < 1.29 is 9.21 Å². The molecule has 0 aliphatic heterocycles. The summed E-state index contributed by atoms with van der Waals surface area (Å²) in [5.41, 5.74) is 6.74. The van der Waals surface area contributed by atoms with Crippen LogP contribution in [0, 0.1) is 0 Å². The van der Waals surface area contributed by atoms with Crippen molar-refractivity contribution in [2.24, 2.45) is 5.73 Å². The van der Waals surface area contributed by atoms with Gasteiger partial charge in [0, 0.05) is 12.4 Å². The van der Waals surface area contributed by atoms with Gasteiger partial charge >= 0.3 is 0 Å². The molecule has 2 atom stereocenters. The molecule has 1 heterocycles. The summed E-state index contributed by atoms with van der Waals surface area (Å²) in [6.07, 6.45) is 1.61. The predicted octanol–water partition coefficient (Wildman–Crippen LogP) is 3.08. The molecule has 4 nitrogen and oxygen atoms in total. The van der Waals surface area contributed by atoms with E-state index in [-0.39, 0.29) is 11.9 Å². The van der Waals surface area contributed by atoms with Crippen LogP contribution in [-0.4, -0.2) is 23.9 Å². The summed E-state index contributed by atoms with van der Waals surface area (Å²) in [6, 6.07) is 9.25. The number of para-hydroxylation sites is 1. The zero-order chi connectivity index (χ0) is 14.7. The number of rotatable bonds is 5. The standard InChI is InChI=1S/C16H22N2O2/c1-4-7-13(17)16(19)18(3)11(2)15-10-12-8-5-6-9-14(12)20-15/h5-6,8-11,13H,4,7,17H2,1-3H3/t11?,13-/m0/s1. The van der Waals surface area contributed by atoms with Crippen molar-refractivity contribution in [1.82, 2.24) is 4.90 Å². The van der Waals surface area contributed by atoms with Crippen molar-refractivity contribution in [3.63, 3.8) is 0 Å². The van der Waals surface area contributed by atoms with Crippen LogP contribution in [0.3, 0.4) is 0 Å². The Bertz CT molecular complexity index is 558. The molecule has 0 aliphatic carbocycles. The second kappa shape index (κ2) is 6.09. The molecule has 1 unspecified atom stereocenters. The number of benzene rings is 1. The number of amides is 1. The summed E-state index contributed by atoms with van der Waals surface area (Å²) in [6.45, 7) is 3.98. The fraction of sp³-hybridized carbons (Fsp3) is 0.438. The SMILES string of the molecule is CCC[C@H](N)C(=O)N(C)C(C)c1cc2ccccc2o1. The summed E-state index contributed by atoms with van der Waals surface area (Å²) >= 11 is 0. The Balaban J connectivity index is 2.17. The number of fused-ring (bicyclic) bond motifs is 1. The quantitative estimate of drug-likeness (QED) is 0.911. The second-order valence-corrected chi connectivity index (χ2v) is 5.21. The number of hydrogen-bond donors (Lipinski definition) is 1. The van der Waals surface area contributed by atoms with Gasteiger partial charge in [0.05, 0.1) is 12.1 Å². The first-order valence-corrected chi connectivity index (χ1v) is 7.05. The average molecular weight is 274 g/mol. The van der Waals surface area contributed by atoms with Gasteiger partial charge in [0.15, 0.2) is 0 Å². The van der Waals surface area contributed by atoms with Gasteiger partial charge in [-0.2, -0.15) is 0 Å². The lowest BCUT2D eigenvalue weighted by Crippen LogP contribution is -2.42. The molecule has 1 aromatic heterocycles. The first-order chi connectivity index (χ1) is 9.54. The van der Waals surface area contributed by atoms with Crippen molar-refractivity contribution in [1.29, 1.82) is 0 Å². The van der Waals surface area contributed by atoms with Crippen molar-refractivity contribution in [2.75, 3.05) is 7.05 Å². The number of nitrogens with two attached hydrogens (primary N) is 1. The molecule has 0 fully saturated rings. The van der Waals surface area contributed by atoms with E-state index in [2.05, 4.69) is 0 Å². The molecular formula is C16H22N2O2. The Kier molecular flexibility index (Phi) is 4.45. The highest BCUT2D eigenvalue weighted by molar-refractivity contribution is 5.82. The lowest BCUT2D eigenvalue weighted by molar-refractivity contribution is -0.133. The Morgan fingerprint density at radius 1 is 1.40 bits per heavy atom. The monoisotopic (exact) mass is 274 g/mol. The van der Waals surface area contributed by atoms with Gasteiger partial charge in [0.25, 0.3) is 0 Å². The van der Waals surface area contributed by atoms with Crippen molar-refractivity contribution in [3.8, 4) is 0 Å². The summed E-state index contributed by atoms with van der Waals surface area (Å²) in [5.74, 6) is 0.741. The molecule has 20 heavy (non-hydrogen) atoms. The van der Waals surface area contributed by atoms with Crippen LogP contribution in [0.1, 0.15) is 38.5 Å². The summed E-state index contributed by atoms with van der Waals surface area (Å²) in [4.78, 5) is 13.9. The predicted molar refractivity (Wildman–Crippen MR) is 80.3 cm³/mol. The van der Waals surface area contributed by atoms with E-state index in [0.717, 1.165) is 23.2 Å². The van der Waals surface area contributed by atoms with E-state index < -0.39 is 6.04 Å². The second-order valence-electron chi connectivity index (χ2n) is 5.21. The van der Waals surface area contributed by atoms with E-state index in [9.17, 15) is 4.79 Å².